The molecular formula is C13H16ClFO4S. The molecule has 0 atom stereocenters. The summed E-state index contributed by atoms with van der Waals surface area (Å²) in [5.74, 6) is -1.72. The van der Waals surface area contributed by atoms with E-state index >= 15 is 0 Å². The van der Waals surface area contributed by atoms with Gasteiger partial charge in [-0.25, -0.2) is 17.6 Å². The number of carbonyl (C=O) groups is 1. The summed E-state index contributed by atoms with van der Waals surface area (Å²) in [6.07, 6.45) is 2.53. The van der Waals surface area contributed by atoms with Gasteiger partial charge < -0.3 is 4.74 Å². The molecule has 7 heteroatoms. The number of benzene rings is 1. The number of aryl methyl sites for hydroxylation is 1. The summed E-state index contributed by atoms with van der Waals surface area (Å²) in [6.45, 7) is 3.57. The number of unbranched alkanes of at least 4 members (excludes halogenated alkanes) is 2. The molecule has 0 saturated heterocycles. The average Bonchev–Trinajstić information content (AvgIpc) is 2.32. The summed E-state index contributed by atoms with van der Waals surface area (Å²) in [5, 5.41) is 0. The van der Waals surface area contributed by atoms with Gasteiger partial charge in [-0.3, -0.25) is 0 Å². The van der Waals surface area contributed by atoms with Crippen LogP contribution in [0.5, 0.6) is 0 Å². The zero-order valence-electron chi connectivity index (χ0n) is 11.3. The zero-order chi connectivity index (χ0) is 15.3. The molecule has 20 heavy (non-hydrogen) atoms. The molecule has 112 valence electrons. The number of rotatable bonds is 6. The van der Waals surface area contributed by atoms with Crippen molar-refractivity contribution < 1.29 is 22.3 Å². The Kier molecular flexibility index (Phi) is 5.95. The fourth-order valence-electron chi connectivity index (χ4n) is 1.67. The summed E-state index contributed by atoms with van der Waals surface area (Å²) in [7, 11) is 1.20. The molecule has 0 unspecified atom stereocenters. The van der Waals surface area contributed by atoms with Crippen LogP contribution in [0, 0.1) is 12.7 Å². The minimum absolute atomic E-state index is 0.139. The van der Waals surface area contributed by atoms with E-state index in [2.05, 4.69) is 0 Å². The quantitative estimate of drug-likeness (QED) is 0.457. The van der Waals surface area contributed by atoms with Gasteiger partial charge in [0.05, 0.1) is 17.1 Å². The van der Waals surface area contributed by atoms with Crippen LogP contribution in [0.2, 0.25) is 0 Å². The molecule has 0 aliphatic heterocycles. The molecule has 4 nitrogen and oxygen atoms in total. The maximum Gasteiger partial charge on any atom is 0.341 e. The first-order chi connectivity index (χ1) is 9.27. The van der Waals surface area contributed by atoms with E-state index in [1.54, 1.807) is 0 Å². The Hall–Kier alpha value is -1.14. The van der Waals surface area contributed by atoms with Crippen molar-refractivity contribution in [2.24, 2.45) is 0 Å². The van der Waals surface area contributed by atoms with Crippen LogP contribution in [0.15, 0.2) is 17.0 Å². The predicted molar refractivity (Wildman–Crippen MR) is 74.0 cm³/mol. The summed E-state index contributed by atoms with van der Waals surface area (Å²) >= 11 is 0. The lowest BCUT2D eigenvalue weighted by molar-refractivity contribution is 0.0492. The molecule has 0 saturated carbocycles. The molecule has 0 radical (unpaired) electrons. The molecule has 1 aromatic carbocycles. The second-order valence-electron chi connectivity index (χ2n) is 4.38. The third kappa shape index (κ3) is 4.45. The van der Waals surface area contributed by atoms with Crippen LogP contribution in [0.4, 0.5) is 4.39 Å². The Balaban J connectivity index is 2.98. The normalized spacial score (nSPS) is 11.4. The van der Waals surface area contributed by atoms with Gasteiger partial charge in [-0.15, -0.1) is 0 Å². The SMILES string of the molecule is CCCCCOC(=O)c1cc(S(=O)(=O)Cl)c(C)cc1F. The summed E-state index contributed by atoms with van der Waals surface area (Å²) < 4.78 is 41.3. The van der Waals surface area contributed by atoms with Gasteiger partial charge in [0.2, 0.25) is 0 Å². The molecule has 0 aromatic heterocycles. The third-order valence-corrected chi connectivity index (χ3v) is 4.19. The highest BCUT2D eigenvalue weighted by Gasteiger charge is 2.21. The number of hydrogen-bond acceptors (Lipinski definition) is 4. The van der Waals surface area contributed by atoms with Crippen molar-refractivity contribution in [3.63, 3.8) is 0 Å². The molecule has 0 aliphatic rings. The van der Waals surface area contributed by atoms with Crippen LogP contribution in [0.1, 0.15) is 42.1 Å². The van der Waals surface area contributed by atoms with Gasteiger partial charge in [0.15, 0.2) is 0 Å². The van der Waals surface area contributed by atoms with Gasteiger partial charge in [0.1, 0.15) is 5.82 Å². The van der Waals surface area contributed by atoms with Crippen LogP contribution >= 0.6 is 10.7 Å². The van der Waals surface area contributed by atoms with Crippen LogP contribution in [0.3, 0.4) is 0 Å². The summed E-state index contributed by atoms with van der Waals surface area (Å²) in [6, 6.07) is 1.87. The van der Waals surface area contributed by atoms with Gasteiger partial charge >= 0.3 is 5.97 Å². The van der Waals surface area contributed by atoms with Crippen molar-refractivity contribution in [3.05, 3.63) is 29.1 Å². The Morgan fingerprint density at radius 3 is 2.55 bits per heavy atom. The van der Waals surface area contributed by atoms with E-state index in [1.165, 1.54) is 6.92 Å². The van der Waals surface area contributed by atoms with Crippen LogP contribution in [-0.2, 0) is 13.8 Å². The zero-order valence-corrected chi connectivity index (χ0v) is 12.9. The Labute approximate surface area is 122 Å². The Morgan fingerprint density at radius 1 is 1.35 bits per heavy atom. The van der Waals surface area contributed by atoms with E-state index in [-0.39, 0.29) is 17.1 Å². The first-order valence-corrected chi connectivity index (χ1v) is 8.50. The van der Waals surface area contributed by atoms with Crippen molar-refractivity contribution in [1.82, 2.24) is 0 Å². The molecule has 0 aliphatic carbocycles. The van der Waals surface area contributed by atoms with Gasteiger partial charge in [0, 0.05) is 10.7 Å². The number of esters is 1. The molecule has 0 N–H and O–H groups in total. The van der Waals surface area contributed by atoms with Gasteiger partial charge in [0.25, 0.3) is 9.05 Å². The van der Waals surface area contributed by atoms with Crippen LogP contribution < -0.4 is 0 Å². The van der Waals surface area contributed by atoms with Crippen molar-refractivity contribution in [3.8, 4) is 0 Å². The van der Waals surface area contributed by atoms with E-state index in [1.807, 2.05) is 6.92 Å². The average molecular weight is 323 g/mol. The molecule has 0 fully saturated rings. The second-order valence-corrected chi connectivity index (χ2v) is 6.91. The lowest BCUT2D eigenvalue weighted by atomic mass is 10.1. The largest absolute Gasteiger partial charge is 0.462 e. The number of halogens is 2. The number of ether oxygens (including phenoxy) is 1. The van der Waals surface area contributed by atoms with E-state index in [0.717, 1.165) is 25.0 Å². The van der Waals surface area contributed by atoms with Crippen LogP contribution in [-0.4, -0.2) is 21.0 Å². The first-order valence-electron chi connectivity index (χ1n) is 6.19. The van der Waals surface area contributed by atoms with E-state index in [0.29, 0.717) is 6.42 Å². The molecule has 1 aromatic rings. The van der Waals surface area contributed by atoms with E-state index in [9.17, 15) is 17.6 Å². The minimum Gasteiger partial charge on any atom is -0.462 e. The van der Waals surface area contributed by atoms with Crippen LogP contribution in [0.25, 0.3) is 0 Å². The van der Waals surface area contributed by atoms with E-state index in [4.69, 9.17) is 15.4 Å². The van der Waals surface area contributed by atoms with Gasteiger partial charge in [-0.05, 0) is 31.0 Å². The van der Waals surface area contributed by atoms with Gasteiger partial charge in [-0.2, -0.15) is 0 Å². The monoisotopic (exact) mass is 322 g/mol. The minimum atomic E-state index is -4.04. The highest BCUT2D eigenvalue weighted by Crippen LogP contribution is 2.23. The maximum atomic E-state index is 13.7. The summed E-state index contributed by atoms with van der Waals surface area (Å²) in [4.78, 5) is 11.4. The highest BCUT2D eigenvalue weighted by atomic mass is 35.7. The summed E-state index contributed by atoms with van der Waals surface area (Å²) in [5.41, 5.74) is -0.286. The standard InChI is InChI=1S/C13H16ClFO4S/c1-3-4-5-6-19-13(16)10-8-12(20(14,17)18)9(2)7-11(10)15/h7-8H,3-6H2,1-2H3. The fraction of sp³-hybridized carbons (Fsp3) is 0.462. The highest BCUT2D eigenvalue weighted by molar-refractivity contribution is 8.13. The Bertz CT molecular complexity index is 599. The Morgan fingerprint density at radius 2 is 2.00 bits per heavy atom. The number of hydrogen-bond donors (Lipinski definition) is 0. The molecule has 1 rings (SSSR count). The second kappa shape index (κ2) is 7.04. The van der Waals surface area contributed by atoms with Crippen molar-refractivity contribution in [2.75, 3.05) is 6.61 Å². The molecular weight excluding hydrogens is 307 g/mol. The lowest BCUT2D eigenvalue weighted by Gasteiger charge is -2.08. The number of carbonyl (C=O) groups excluding carboxylic acids is 1. The van der Waals surface area contributed by atoms with E-state index < -0.39 is 26.4 Å². The third-order valence-electron chi connectivity index (χ3n) is 2.73. The molecule has 0 amide bonds. The smallest absolute Gasteiger partial charge is 0.341 e. The van der Waals surface area contributed by atoms with Gasteiger partial charge in [-0.1, -0.05) is 19.8 Å². The lowest BCUT2D eigenvalue weighted by Crippen LogP contribution is -2.10. The molecule has 0 spiro atoms. The first kappa shape index (κ1) is 16.9. The van der Waals surface area contributed by atoms with Crippen molar-refractivity contribution >= 4 is 25.7 Å². The van der Waals surface area contributed by atoms with Crippen molar-refractivity contribution in [2.45, 2.75) is 38.0 Å². The predicted octanol–water partition coefficient (Wildman–Crippen LogP) is 3.41. The molecule has 0 heterocycles. The van der Waals surface area contributed by atoms with Crippen molar-refractivity contribution in [1.29, 1.82) is 0 Å². The molecule has 0 bridgehead atoms. The fourth-order valence-corrected chi connectivity index (χ4v) is 2.87. The maximum absolute atomic E-state index is 13.7. The topological polar surface area (TPSA) is 60.4 Å².